The molecule has 0 saturated carbocycles. The third-order valence-corrected chi connectivity index (χ3v) is 3.28. The van der Waals surface area contributed by atoms with Gasteiger partial charge in [0.2, 0.25) is 0 Å². The van der Waals surface area contributed by atoms with Crippen molar-refractivity contribution in [2.75, 3.05) is 13.2 Å². The minimum Gasteiger partial charge on any atom is -0.372 e. The zero-order chi connectivity index (χ0) is 10.8. The van der Waals surface area contributed by atoms with E-state index in [0.717, 1.165) is 17.4 Å². The Hall–Kier alpha value is -0.860. The Morgan fingerprint density at radius 2 is 2.13 bits per heavy atom. The molecule has 8 heteroatoms. The third kappa shape index (κ3) is 2.06. The lowest BCUT2D eigenvalue weighted by Crippen LogP contribution is -2.33. The number of ether oxygens (including phenoxy) is 2. The van der Waals surface area contributed by atoms with Gasteiger partial charge in [0.05, 0.1) is 18.5 Å². The molecule has 4 atom stereocenters. The van der Waals surface area contributed by atoms with Crippen molar-refractivity contribution in [3.63, 3.8) is 0 Å². The first-order chi connectivity index (χ1) is 7.22. The molecule has 0 aliphatic carbocycles. The lowest BCUT2D eigenvalue weighted by molar-refractivity contribution is -0.769. The molecule has 7 nitrogen and oxygen atoms in total. The summed E-state index contributed by atoms with van der Waals surface area (Å²) in [5, 5.41) is 9.22. The Balaban J connectivity index is 1.95. The second-order valence-corrected chi connectivity index (χ2v) is 4.30. The predicted molar refractivity (Wildman–Crippen MR) is 49.5 cm³/mol. The molecular formula is C7H9NO6S. The third-order valence-electron chi connectivity index (χ3n) is 2.41. The summed E-state index contributed by atoms with van der Waals surface area (Å²) in [6, 6.07) is 0. The normalized spacial score (nSPS) is 38.7. The van der Waals surface area contributed by atoms with Crippen LogP contribution in [0.2, 0.25) is 0 Å². The minimum atomic E-state index is -0.847. The van der Waals surface area contributed by atoms with Gasteiger partial charge in [-0.1, -0.05) is 11.8 Å². The fourth-order valence-corrected chi connectivity index (χ4v) is 2.51. The summed E-state index contributed by atoms with van der Waals surface area (Å²) < 4.78 is 10.6. The molecule has 0 spiro atoms. The van der Waals surface area contributed by atoms with Gasteiger partial charge in [-0.3, -0.25) is 4.79 Å². The van der Waals surface area contributed by atoms with Crippen LogP contribution in [0.4, 0.5) is 0 Å². The van der Waals surface area contributed by atoms with Gasteiger partial charge in [-0.15, -0.1) is 10.1 Å². The Bertz CT molecular complexity index is 274. The summed E-state index contributed by atoms with van der Waals surface area (Å²) in [6.45, 7) is 0.489. The molecule has 2 aliphatic heterocycles. The van der Waals surface area contributed by atoms with Gasteiger partial charge >= 0.3 is 0 Å². The van der Waals surface area contributed by atoms with E-state index in [2.05, 4.69) is 4.84 Å². The van der Waals surface area contributed by atoms with Gasteiger partial charge in [0.25, 0.3) is 5.09 Å². The second kappa shape index (κ2) is 4.33. The summed E-state index contributed by atoms with van der Waals surface area (Å²) >= 11 is 1.08. The number of carbonyl (C=O) groups is 1. The number of carbonyl (C=O) groups excluding carboxylic acids is 1. The van der Waals surface area contributed by atoms with Crippen LogP contribution in [-0.2, 0) is 19.1 Å². The molecule has 0 amide bonds. The van der Waals surface area contributed by atoms with Gasteiger partial charge in [0, 0.05) is 0 Å². The zero-order valence-electron chi connectivity index (χ0n) is 7.61. The van der Waals surface area contributed by atoms with Crippen molar-refractivity contribution >= 4 is 17.4 Å². The van der Waals surface area contributed by atoms with Gasteiger partial charge in [-0.05, 0) is 0 Å². The van der Waals surface area contributed by atoms with Gasteiger partial charge in [-0.2, -0.15) is 0 Å². The van der Waals surface area contributed by atoms with Crippen molar-refractivity contribution in [1.82, 2.24) is 0 Å². The van der Waals surface area contributed by atoms with Crippen LogP contribution in [-0.4, -0.2) is 47.5 Å². The van der Waals surface area contributed by atoms with E-state index >= 15 is 0 Å². The fraction of sp³-hybridized carbons (Fsp3) is 0.857. The molecule has 0 aromatic heterocycles. The van der Waals surface area contributed by atoms with Crippen LogP contribution in [0.1, 0.15) is 0 Å². The van der Waals surface area contributed by atoms with Crippen LogP contribution in [0.5, 0.6) is 0 Å². The standard InChI is InChI=1S/C7H9NO6S/c9-3-15-5-2-13-6-4(14-8(10)11)1-12-7(5)6/h3-7H,1-2H2/t4-,5-,6-,7-/m1/s1. The monoisotopic (exact) mass is 235 g/mol. The van der Waals surface area contributed by atoms with Crippen LogP contribution < -0.4 is 0 Å². The molecule has 0 bridgehead atoms. The Labute approximate surface area is 89.1 Å². The highest BCUT2D eigenvalue weighted by atomic mass is 32.2. The average molecular weight is 235 g/mol. The van der Waals surface area contributed by atoms with Crippen LogP contribution in [0.25, 0.3) is 0 Å². The molecule has 2 heterocycles. The summed E-state index contributed by atoms with van der Waals surface area (Å²) in [5.41, 5.74) is 0.724. The highest BCUT2D eigenvalue weighted by Gasteiger charge is 2.49. The molecule has 84 valence electrons. The molecule has 0 aromatic carbocycles. The minimum absolute atomic E-state index is 0.0899. The van der Waals surface area contributed by atoms with Crippen LogP contribution >= 0.6 is 11.8 Å². The van der Waals surface area contributed by atoms with Crippen molar-refractivity contribution in [2.24, 2.45) is 0 Å². The Kier molecular flexibility index (Phi) is 3.08. The molecule has 0 radical (unpaired) electrons. The molecule has 2 fully saturated rings. The predicted octanol–water partition coefficient (Wildman–Crippen LogP) is -0.347. The molecule has 15 heavy (non-hydrogen) atoms. The van der Waals surface area contributed by atoms with Gasteiger partial charge in [-0.25, -0.2) is 0 Å². The van der Waals surface area contributed by atoms with E-state index in [1.807, 2.05) is 0 Å². The number of thioether (sulfide) groups is 1. The van der Waals surface area contributed by atoms with Crippen LogP contribution in [0.3, 0.4) is 0 Å². The Morgan fingerprint density at radius 3 is 2.80 bits per heavy atom. The van der Waals surface area contributed by atoms with E-state index in [1.165, 1.54) is 0 Å². The second-order valence-electron chi connectivity index (χ2n) is 3.23. The first-order valence-corrected chi connectivity index (χ1v) is 5.30. The quantitative estimate of drug-likeness (QED) is 0.374. The van der Waals surface area contributed by atoms with E-state index < -0.39 is 17.3 Å². The molecular weight excluding hydrogens is 226 g/mol. The SMILES string of the molecule is O=CS[C@@H]1CO[C@H]2[C@@H]1OC[C@H]2O[N+](=O)[O-]. The average Bonchev–Trinajstić information content (AvgIpc) is 2.71. The molecule has 0 N–H and O–H groups in total. The highest BCUT2D eigenvalue weighted by Crippen LogP contribution is 2.34. The van der Waals surface area contributed by atoms with Crippen molar-refractivity contribution in [3.8, 4) is 0 Å². The fourth-order valence-electron chi connectivity index (χ4n) is 1.82. The van der Waals surface area contributed by atoms with Crippen LogP contribution in [0, 0.1) is 10.1 Å². The first kappa shape index (κ1) is 10.7. The maximum absolute atomic E-state index is 10.3. The number of nitrogens with zero attached hydrogens (tertiary/aromatic N) is 1. The van der Waals surface area contributed by atoms with Gasteiger partial charge in [0.1, 0.15) is 12.2 Å². The van der Waals surface area contributed by atoms with E-state index in [0.29, 0.717) is 6.61 Å². The van der Waals surface area contributed by atoms with E-state index in [4.69, 9.17) is 9.47 Å². The molecule has 0 unspecified atom stereocenters. The summed E-state index contributed by atoms with van der Waals surface area (Å²) in [5.74, 6) is 0. The summed E-state index contributed by atoms with van der Waals surface area (Å²) in [7, 11) is 0. The topological polar surface area (TPSA) is 87.9 Å². The largest absolute Gasteiger partial charge is 0.372 e. The lowest BCUT2D eigenvalue weighted by atomic mass is 10.1. The van der Waals surface area contributed by atoms with E-state index in [-0.39, 0.29) is 18.0 Å². The molecule has 0 aromatic rings. The molecule has 2 saturated heterocycles. The van der Waals surface area contributed by atoms with Gasteiger partial charge in [0.15, 0.2) is 11.7 Å². The number of hydrogen-bond donors (Lipinski definition) is 0. The molecule has 2 aliphatic rings. The van der Waals surface area contributed by atoms with E-state index in [9.17, 15) is 14.9 Å². The highest BCUT2D eigenvalue weighted by molar-refractivity contribution is 8.12. The number of rotatable bonds is 4. The summed E-state index contributed by atoms with van der Waals surface area (Å²) in [6.07, 6.45) is -1.40. The lowest BCUT2D eigenvalue weighted by Gasteiger charge is -2.13. The maximum atomic E-state index is 10.3. The van der Waals surface area contributed by atoms with Gasteiger partial charge < -0.3 is 14.3 Å². The van der Waals surface area contributed by atoms with Crippen molar-refractivity contribution in [2.45, 2.75) is 23.6 Å². The zero-order valence-corrected chi connectivity index (χ0v) is 8.42. The number of fused-ring (bicyclic) bond motifs is 1. The van der Waals surface area contributed by atoms with Crippen LogP contribution in [0.15, 0.2) is 0 Å². The van der Waals surface area contributed by atoms with Crippen molar-refractivity contribution < 1.29 is 24.2 Å². The molecule has 2 rings (SSSR count). The maximum Gasteiger partial charge on any atom is 0.294 e. The Morgan fingerprint density at radius 1 is 1.40 bits per heavy atom. The first-order valence-electron chi connectivity index (χ1n) is 4.36. The number of hydrogen-bond acceptors (Lipinski definition) is 7. The summed E-state index contributed by atoms with van der Waals surface area (Å²) in [4.78, 5) is 24.9. The van der Waals surface area contributed by atoms with Crippen molar-refractivity contribution in [3.05, 3.63) is 10.1 Å². The van der Waals surface area contributed by atoms with E-state index in [1.54, 1.807) is 0 Å². The van der Waals surface area contributed by atoms with Crippen molar-refractivity contribution in [1.29, 1.82) is 0 Å². The smallest absolute Gasteiger partial charge is 0.294 e.